The van der Waals surface area contributed by atoms with Crippen molar-refractivity contribution in [3.05, 3.63) is 63.7 Å². The van der Waals surface area contributed by atoms with Crippen molar-refractivity contribution in [2.75, 3.05) is 5.32 Å². The Morgan fingerprint density at radius 1 is 0.960 bits per heavy atom. The number of anilines is 1. The van der Waals surface area contributed by atoms with Crippen LogP contribution >= 0.6 is 0 Å². The van der Waals surface area contributed by atoms with E-state index in [-0.39, 0.29) is 0 Å². The number of aryl methyl sites for hydroxylation is 2. The molecule has 0 aliphatic carbocycles. The van der Waals surface area contributed by atoms with Crippen molar-refractivity contribution in [3.8, 4) is 0 Å². The summed E-state index contributed by atoms with van der Waals surface area (Å²) in [6, 6.07) is 4.65. The first kappa shape index (κ1) is 18.4. The van der Waals surface area contributed by atoms with Crippen molar-refractivity contribution in [3.63, 3.8) is 0 Å². The van der Waals surface area contributed by atoms with Gasteiger partial charge in [0.05, 0.1) is 11.8 Å². The van der Waals surface area contributed by atoms with E-state index in [2.05, 4.69) is 10.4 Å². The van der Waals surface area contributed by atoms with E-state index in [1.807, 2.05) is 11.5 Å². The number of rotatable bonds is 3. The zero-order valence-electron chi connectivity index (χ0n) is 13.7. The van der Waals surface area contributed by atoms with Crippen molar-refractivity contribution in [2.24, 2.45) is 5.10 Å². The van der Waals surface area contributed by atoms with Crippen LogP contribution in [-0.2, 0) is 0 Å². The molecule has 2 rings (SSSR count). The van der Waals surface area contributed by atoms with Gasteiger partial charge in [0, 0.05) is 11.3 Å². The average Bonchev–Trinajstić information content (AvgIpc) is 2.58. The predicted molar refractivity (Wildman–Crippen MR) is 86.7 cm³/mol. The summed E-state index contributed by atoms with van der Waals surface area (Å²) in [5.41, 5.74) is 2.64. The highest BCUT2D eigenvalue weighted by atomic mass is 19.2. The summed E-state index contributed by atoms with van der Waals surface area (Å²) in [6.07, 6.45) is 0.574. The van der Waals surface area contributed by atoms with Crippen molar-refractivity contribution >= 4 is 17.9 Å². The average molecular weight is 353 g/mol. The number of benzene rings is 2. The SMILES string of the molecule is Cc1cccc(C)c1NC(=O)N/N=C/c1c(F)c(C)c(F)c(F)c1F. The zero-order valence-corrected chi connectivity index (χ0v) is 13.7. The molecule has 8 heteroatoms. The number of carbonyl (C=O) groups excluding carboxylic acids is 1. The Labute approximate surface area is 141 Å². The molecule has 2 amide bonds. The summed E-state index contributed by atoms with van der Waals surface area (Å²) in [4.78, 5) is 11.8. The van der Waals surface area contributed by atoms with Crippen LogP contribution in [0.1, 0.15) is 22.3 Å². The molecular formula is C17H15F4N3O. The third-order valence-corrected chi connectivity index (χ3v) is 3.60. The summed E-state index contributed by atoms with van der Waals surface area (Å²) < 4.78 is 54.0. The molecule has 0 saturated heterocycles. The van der Waals surface area contributed by atoms with Gasteiger partial charge in [-0.3, -0.25) is 0 Å². The molecule has 0 saturated carbocycles. The van der Waals surface area contributed by atoms with E-state index in [0.29, 0.717) is 11.9 Å². The van der Waals surface area contributed by atoms with Gasteiger partial charge in [0.15, 0.2) is 17.5 Å². The van der Waals surface area contributed by atoms with Gasteiger partial charge < -0.3 is 5.32 Å². The Bertz CT molecular complexity index is 816. The van der Waals surface area contributed by atoms with E-state index in [0.717, 1.165) is 18.1 Å². The molecule has 2 N–H and O–H groups in total. The number of urea groups is 1. The molecule has 0 bridgehead atoms. The highest BCUT2D eigenvalue weighted by molar-refractivity contribution is 5.92. The van der Waals surface area contributed by atoms with Gasteiger partial charge in [0.25, 0.3) is 0 Å². The molecule has 0 aliphatic rings. The van der Waals surface area contributed by atoms with E-state index in [1.165, 1.54) is 0 Å². The van der Waals surface area contributed by atoms with Crippen molar-refractivity contribution < 1.29 is 22.4 Å². The predicted octanol–water partition coefficient (Wildman–Crippen LogP) is 4.32. The van der Waals surface area contributed by atoms with Crippen LogP contribution in [0, 0.1) is 44.0 Å². The number of hydrogen-bond donors (Lipinski definition) is 2. The normalized spacial score (nSPS) is 11.0. The maximum Gasteiger partial charge on any atom is 0.339 e. The van der Waals surface area contributed by atoms with E-state index < -0.39 is 40.4 Å². The largest absolute Gasteiger partial charge is 0.339 e. The van der Waals surface area contributed by atoms with Crippen molar-refractivity contribution in [1.29, 1.82) is 0 Å². The fourth-order valence-corrected chi connectivity index (χ4v) is 2.20. The zero-order chi connectivity index (χ0) is 18.7. The van der Waals surface area contributed by atoms with Crippen molar-refractivity contribution in [2.45, 2.75) is 20.8 Å². The van der Waals surface area contributed by atoms with Crippen LogP contribution in [0.5, 0.6) is 0 Å². The first-order chi connectivity index (χ1) is 11.7. The molecule has 0 spiro atoms. The molecular weight excluding hydrogens is 338 g/mol. The van der Waals surface area contributed by atoms with Crippen LogP contribution in [0.3, 0.4) is 0 Å². The maximum absolute atomic E-state index is 13.8. The van der Waals surface area contributed by atoms with E-state index in [1.54, 1.807) is 26.0 Å². The third kappa shape index (κ3) is 3.78. The summed E-state index contributed by atoms with van der Waals surface area (Å²) in [7, 11) is 0. The molecule has 4 nitrogen and oxygen atoms in total. The van der Waals surface area contributed by atoms with Crippen LogP contribution in [-0.4, -0.2) is 12.2 Å². The summed E-state index contributed by atoms with van der Waals surface area (Å²) in [6.45, 7) is 4.55. The van der Waals surface area contributed by atoms with Crippen LogP contribution in [0.4, 0.5) is 28.0 Å². The number of nitrogens with zero attached hydrogens (tertiary/aromatic N) is 1. The van der Waals surface area contributed by atoms with Crippen molar-refractivity contribution in [1.82, 2.24) is 5.43 Å². The van der Waals surface area contributed by atoms with Crippen LogP contribution in [0.2, 0.25) is 0 Å². The Balaban J connectivity index is 2.15. The second-order valence-electron chi connectivity index (χ2n) is 5.39. The molecule has 0 aliphatic heterocycles. The molecule has 0 aromatic heterocycles. The first-order valence-electron chi connectivity index (χ1n) is 7.22. The molecule has 25 heavy (non-hydrogen) atoms. The minimum Gasteiger partial charge on any atom is -0.306 e. The van der Waals surface area contributed by atoms with E-state index in [4.69, 9.17) is 0 Å². The van der Waals surface area contributed by atoms with Gasteiger partial charge in [-0.2, -0.15) is 5.10 Å². The molecule has 132 valence electrons. The number of hydrazone groups is 1. The van der Waals surface area contributed by atoms with Gasteiger partial charge in [-0.05, 0) is 31.9 Å². The standard InChI is InChI=1S/C17H15F4N3O/c1-8-5-4-6-9(2)16(8)23-17(25)24-22-7-11-12(18)10(3)13(19)15(21)14(11)20/h4-7H,1-3H3,(H2,23,24,25)/b22-7+. The molecule has 0 unspecified atom stereocenters. The fraction of sp³-hybridized carbons (Fsp3) is 0.176. The third-order valence-electron chi connectivity index (χ3n) is 3.60. The summed E-state index contributed by atoms with van der Waals surface area (Å²) >= 11 is 0. The first-order valence-corrected chi connectivity index (χ1v) is 7.22. The molecule has 0 radical (unpaired) electrons. The second kappa shape index (κ2) is 7.33. The number of nitrogens with one attached hydrogen (secondary N) is 2. The lowest BCUT2D eigenvalue weighted by Gasteiger charge is -2.10. The van der Waals surface area contributed by atoms with E-state index in [9.17, 15) is 22.4 Å². The Morgan fingerprint density at radius 3 is 2.16 bits per heavy atom. The fourth-order valence-electron chi connectivity index (χ4n) is 2.20. The van der Waals surface area contributed by atoms with Gasteiger partial charge in [0.2, 0.25) is 0 Å². The molecule has 0 atom stereocenters. The lowest BCUT2D eigenvalue weighted by atomic mass is 10.1. The van der Waals surface area contributed by atoms with Gasteiger partial charge in [-0.15, -0.1) is 0 Å². The molecule has 2 aromatic carbocycles. The minimum atomic E-state index is -1.81. The Morgan fingerprint density at radius 2 is 1.56 bits per heavy atom. The molecule has 0 fully saturated rings. The highest BCUT2D eigenvalue weighted by Crippen LogP contribution is 2.22. The van der Waals surface area contributed by atoms with E-state index >= 15 is 0 Å². The lowest BCUT2D eigenvalue weighted by Crippen LogP contribution is -2.25. The van der Waals surface area contributed by atoms with Crippen LogP contribution < -0.4 is 10.7 Å². The second-order valence-corrected chi connectivity index (χ2v) is 5.39. The lowest BCUT2D eigenvalue weighted by molar-refractivity contribution is 0.252. The quantitative estimate of drug-likeness (QED) is 0.279. The molecule has 2 aromatic rings. The maximum atomic E-state index is 13.8. The smallest absolute Gasteiger partial charge is 0.306 e. The van der Waals surface area contributed by atoms with Gasteiger partial charge in [-0.1, -0.05) is 18.2 Å². The number of carbonyl (C=O) groups is 1. The topological polar surface area (TPSA) is 53.5 Å². The Hall–Kier alpha value is -2.90. The number of hydrogen-bond acceptors (Lipinski definition) is 2. The van der Waals surface area contributed by atoms with Gasteiger partial charge in [0.1, 0.15) is 5.82 Å². The number of halogens is 4. The monoisotopic (exact) mass is 353 g/mol. The highest BCUT2D eigenvalue weighted by Gasteiger charge is 2.21. The van der Waals surface area contributed by atoms with Gasteiger partial charge in [-0.25, -0.2) is 27.8 Å². The Kier molecular flexibility index (Phi) is 5.41. The molecule has 0 heterocycles. The number of amides is 2. The minimum absolute atomic E-state index is 0.566. The summed E-state index contributed by atoms with van der Waals surface area (Å²) in [5, 5.41) is 5.91. The van der Waals surface area contributed by atoms with Crippen LogP contribution in [0.25, 0.3) is 0 Å². The number of para-hydroxylation sites is 1. The van der Waals surface area contributed by atoms with Crippen LogP contribution in [0.15, 0.2) is 23.3 Å². The summed E-state index contributed by atoms with van der Waals surface area (Å²) in [5.74, 6) is -6.42. The van der Waals surface area contributed by atoms with Gasteiger partial charge >= 0.3 is 6.03 Å².